The molecule has 6 N–H and O–H groups in total. The minimum absolute atomic E-state index is 0.0583. The standard InChI is InChI=1S/C23H30N6O3/c1-14(24)20(10-21(25)28-23(30)15-6-7-15)27-19-5-3-4-18(22(19)31-2)16-11-26-29(12-16)17-8-9-32-13-17/h3-5,10-12,15,17,27H,6-9,13,24-25H2,1-2H3,(H,28,30)/b20-14+,21-10+. The second-order valence-corrected chi connectivity index (χ2v) is 8.20. The minimum Gasteiger partial charge on any atom is -0.494 e. The van der Waals surface area contributed by atoms with E-state index < -0.39 is 0 Å². The Hall–Kier alpha value is -3.46. The van der Waals surface area contributed by atoms with Gasteiger partial charge in [0.25, 0.3) is 0 Å². The van der Waals surface area contributed by atoms with Crippen molar-refractivity contribution in [3.05, 3.63) is 53.9 Å². The molecule has 2 fully saturated rings. The van der Waals surface area contributed by atoms with Gasteiger partial charge >= 0.3 is 0 Å². The Bertz CT molecular complexity index is 1040. The zero-order valence-electron chi connectivity index (χ0n) is 18.4. The van der Waals surface area contributed by atoms with Crippen molar-refractivity contribution in [2.45, 2.75) is 32.2 Å². The molecule has 1 unspecified atom stereocenters. The number of para-hydroxylation sites is 1. The van der Waals surface area contributed by atoms with Crippen LogP contribution in [0.5, 0.6) is 5.75 Å². The summed E-state index contributed by atoms with van der Waals surface area (Å²) in [5.41, 5.74) is 15.8. The Morgan fingerprint density at radius 3 is 2.78 bits per heavy atom. The first kappa shape index (κ1) is 21.8. The highest BCUT2D eigenvalue weighted by Gasteiger charge is 2.29. The summed E-state index contributed by atoms with van der Waals surface area (Å²) in [6, 6.07) is 6.06. The molecule has 1 amide bonds. The predicted molar refractivity (Wildman–Crippen MR) is 122 cm³/mol. The summed E-state index contributed by atoms with van der Waals surface area (Å²) in [7, 11) is 1.62. The number of nitrogens with two attached hydrogens (primary N) is 2. The molecule has 1 aliphatic heterocycles. The van der Waals surface area contributed by atoms with E-state index in [9.17, 15) is 4.79 Å². The largest absolute Gasteiger partial charge is 0.494 e. The van der Waals surface area contributed by atoms with Crippen LogP contribution in [0, 0.1) is 5.92 Å². The highest BCUT2D eigenvalue weighted by Crippen LogP contribution is 2.37. The first-order chi connectivity index (χ1) is 15.5. The molecule has 32 heavy (non-hydrogen) atoms. The van der Waals surface area contributed by atoms with Gasteiger partial charge in [-0.25, -0.2) is 0 Å². The summed E-state index contributed by atoms with van der Waals surface area (Å²) in [4.78, 5) is 12.0. The molecular weight excluding hydrogens is 408 g/mol. The normalized spacial score (nSPS) is 19.4. The lowest BCUT2D eigenvalue weighted by atomic mass is 10.1. The Morgan fingerprint density at radius 1 is 1.31 bits per heavy atom. The number of allylic oxidation sites excluding steroid dienone is 2. The highest BCUT2D eigenvalue weighted by molar-refractivity contribution is 5.82. The van der Waals surface area contributed by atoms with Gasteiger partial charge in [-0.2, -0.15) is 5.10 Å². The number of carbonyl (C=O) groups excluding carboxylic acids is 1. The third-order valence-corrected chi connectivity index (χ3v) is 5.62. The lowest BCUT2D eigenvalue weighted by molar-refractivity contribution is -0.121. The number of rotatable bonds is 8. The molecule has 9 heteroatoms. The van der Waals surface area contributed by atoms with Crippen molar-refractivity contribution in [3.8, 4) is 16.9 Å². The molecule has 1 aliphatic carbocycles. The zero-order valence-corrected chi connectivity index (χ0v) is 18.4. The number of nitrogens with zero attached hydrogens (tertiary/aromatic N) is 2. The molecule has 170 valence electrons. The van der Waals surface area contributed by atoms with E-state index in [1.807, 2.05) is 35.3 Å². The van der Waals surface area contributed by atoms with Gasteiger partial charge < -0.3 is 31.6 Å². The van der Waals surface area contributed by atoms with Crippen LogP contribution >= 0.6 is 0 Å². The van der Waals surface area contributed by atoms with Crippen LogP contribution in [-0.2, 0) is 9.53 Å². The minimum atomic E-state index is -0.0583. The van der Waals surface area contributed by atoms with Gasteiger partial charge in [-0.15, -0.1) is 0 Å². The molecule has 0 bridgehead atoms. The fraction of sp³-hybridized carbons (Fsp3) is 0.391. The van der Waals surface area contributed by atoms with Crippen LogP contribution < -0.4 is 26.8 Å². The summed E-state index contributed by atoms with van der Waals surface area (Å²) >= 11 is 0. The fourth-order valence-electron chi connectivity index (χ4n) is 3.67. The molecule has 1 saturated heterocycles. The van der Waals surface area contributed by atoms with Gasteiger partial charge in [0.2, 0.25) is 5.91 Å². The molecule has 9 nitrogen and oxygen atoms in total. The number of nitrogens with one attached hydrogen (secondary N) is 2. The van der Waals surface area contributed by atoms with E-state index in [-0.39, 0.29) is 23.7 Å². The van der Waals surface area contributed by atoms with Gasteiger partial charge in [-0.05, 0) is 32.3 Å². The van der Waals surface area contributed by atoms with Crippen LogP contribution in [0.15, 0.2) is 53.9 Å². The Kier molecular flexibility index (Phi) is 6.36. The molecule has 1 saturated carbocycles. The van der Waals surface area contributed by atoms with E-state index in [0.717, 1.165) is 42.7 Å². The lowest BCUT2D eigenvalue weighted by Crippen LogP contribution is -2.29. The molecule has 1 aromatic carbocycles. The topological polar surface area (TPSA) is 129 Å². The molecule has 0 spiro atoms. The first-order valence-electron chi connectivity index (χ1n) is 10.8. The van der Waals surface area contributed by atoms with Gasteiger partial charge in [-0.3, -0.25) is 9.48 Å². The third kappa shape index (κ3) is 4.88. The average molecular weight is 439 g/mol. The van der Waals surface area contributed by atoms with Gasteiger partial charge in [0.05, 0.1) is 37.3 Å². The lowest BCUT2D eigenvalue weighted by Gasteiger charge is -2.16. The van der Waals surface area contributed by atoms with Crippen LogP contribution in [-0.4, -0.2) is 36.0 Å². The summed E-state index contributed by atoms with van der Waals surface area (Å²) < 4.78 is 13.2. The predicted octanol–water partition coefficient (Wildman–Crippen LogP) is 2.45. The monoisotopic (exact) mass is 438 g/mol. The summed E-state index contributed by atoms with van der Waals surface area (Å²) in [6.45, 7) is 3.20. The Morgan fingerprint density at radius 2 is 2.12 bits per heavy atom. The number of carbonyl (C=O) groups is 1. The molecule has 0 radical (unpaired) electrons. The average Bonchev–Trinajstić information content (AvgIpc) is 3.27. The number of amides is 1. The number of anilines is 1. The van der Waals surface area contributed by atoms with Gasteiger partial charge in [0, 0.05) is 41.6 Å². The molecule has 2 aliphatic rings. The molecule has 4 rings (SSSR count). The van der Waals surface area contributed by atoms with Crippen molar-refractivity contribution >= 4 is 11.6 Å². The quantitative estimate of drug-likeness (QED) is 0.466. The summed E-state index contributed by atoms with van der Waals surface area (Å²) in [5.74, 6) is 0.902. The molecule has 1 aromatic heterocycles. The molecule has 1 atom stereocenters. The number of methoxy groups -OCH3 is 1. The second kappa shape index (κ2) is 9.35. The van der Waals surface area contributed by atoms with E-state index in [1.54, 1.807) is 20.1 Å². The maximum atomic E-state index is 12.0. The highest BCUT2D eigenvalue weighted by atomic mass is 16.5. The van der Waals surface area contributed by atoms with Crippen LogP contribution in [0.3, 0.4) is 0 Å². The van der Waals surface area contributed by atoms with Gasteiger partial charge in [0.1, 0.15) is 11.6 Å². The van der Waals surface area contributed by atoms with Crippen molar-refractivity contribution in [2.24, 2.45) is 17.4 Å². The third-order valence-electron chi connectivity index (χ3n) is 5.62. The van der Waals surface area contributed by atoms with E-state index >= 15 is 0 Å². The van der Waals surface area contributed by atoms with E-state index in [4.69, 9.17) is 20.9 Å². The molecule has 2 aromatic rings. The van der Waals surface area contributed by atoms with Crippen LogP contribution in [0.1, 0.15) is 32.2 Å². The zero-order chi connectivity index (χ0) is 22.7. The maximum absolute atomic E-state index is 12.0. The maximum Gasteiger partial charge on any atom is 0.228 e. The Labute approximate surface area is 187 Å². The van der Waals surface area contributed by atoms with Gasteiger partial charge in [-0.1, -0.05) is 12.1 Å². The van der Waals surface area contributed by atoms with E-state index in [1.165, 1.54) is 0 Å². The SMILES string of the molecule is COc1c(NC(/C=C(\N)NC(=O)C2CC2)=C(\C)N)cccc1-c1cnn(C2CCOC2)c1. The van der Waals surface area contributed by atoms with Crippen LogP contribution in [0.25, 0.3) is 11.1 Å². The fourth-order valence-corrected chi connectivity index (χ4v) is 3.67. The second-order valence-electron chi connectivity index (χ2n) is 8.20. The summed E-state index contributed by atoms with van der Waals surface area (Å²) in [5, 5.41) is 10.5. The molecular formula is C23H30N6O3. The van der Waals surface area contributed by atoms with Crippen LogP contribution in [0.4, 0.5) is 5.69 Å². The van der Waals surface area contributed by atoms with Crippen molar-refractivity contribution in [3.63, 3.8) is 0 Å². The van der Waals surface area contributed by atoms with Crippen molar-refractivity contribution in [1.82, 2.24) is 15.1 Å². The Balaban J connectivity index is 1.57. The summed E-state index contributed by atoms with van der Waals surface area (Å²) in [6.07, 6.45) is 8.23. The van der Waals surface area contributed by atoms with Crippen molar-refractivity contribution in [2.75, 3.05) is 25.6 Å². The van der Waals surface area contributed by atoms with E-state index in [0.29, 0.717) is 23.8 Å². The number of ether oxygens (including phenoxy) is 2. The van der Waals surface area contributed by atoms with Crippen molar-refractivity contribution < 1.29 is 14.3 Å². The number of aromatic nitrogens is 2. The van der Waals surface area contributed by atoms with E-state index in [2.05, 4.69) is 15.7 Å². The van der Waals surface area contributed by atoms with Crippen LogP contribution in [0.2, 0.25) is 0 Å². The molecule has 2 heterocycles. The van der Waals surface area contributed by atoms with Crippen molar-refractivity contribution in [1.29, 1.82) is 0 Å². The number of hydrogen-bond acceptors (Lipinski definition) is 7. The number of hydrogen-bond donors (Lipinski definition) is 4. The number of benzene rings is 1. The van der Waals surface area contributed by atoms with Gasteiger partial charge in [0.15, 0.2) is 0 Å². The first-order valence-corrected chi connectivity index (χ1v) is 10.8. The smallest absolute Gasteiger partial charge is 0.228 e.